The molecule has 18 heavy (non-hydrogen) atoms. The number of hydrogen-bond donors (Lipinski definition) is 2. The molecule has 0 aromatic carbocycles. The van der Waals surface area contributed by atoms with Crippen molar-refractivity contribution in [3.05, 3.63) is 0 Å². The van der Waals surface area contributed by atoms with Gasteiger partial charge < -0.3 is 15.0 Å². The van der Waals surface area contributed by atoms with Gasteiger partial charge in [0.15, 0.2) is 0 Å². The Hall–Kier alpha value is -0.740. The predicted octanol–water partition coefficient (Wildman–Crippen LogP) is 1.33. The largest absolute Gasteiger partial charge is 0.393 e. The smallest absolute Gasteiger partial charge is 0.135 e. The summed E-state index contributed by atoms with van der Waals surface area (Å²) < 4.78 is 0. The highest BCUT2D eigenvalue weighted by Gasteiger charge is 2.41. The van der Waals surface area contributed by atoms with Crippen molar-refractivity contribution in [1.82, 2.24) is 0 Å². The second kappa shape index (κ2) is 7.00. The number of aliphatic hydroxyl groups is 2. The molecular weight excluding hydrogens is 232 g/mol. The SMILES string of the molecule is CCCC(C)C(=O)CC[C@@H]1[C@H](C=O)[C@@H](O)C[C@H]1O. The first kappa shape index (κ1) is 15.3. The third-order valence-corrected chi connectivity index (χ3v) is 4.07. The van der Waals surface area contributed by atoms with Crippen LogP contribution in [0.5, 0.6) is 0 Å². The van der Waals surface area contributed by atoms with Gasteiger partial charge in [0.1, 0.15) is 12.1 Å². The van der Waals surface area contributed by atoms with Gasteiger partial charge in [-0.05, 0) is 18.8 Å². The number of aldehydes is 1. The third kappa shape index (κ3) is 3.62. The fraction of sp³-hybridized carbons (Fsp3) is 0.857. The van der Waals surface area contributed by atoms with Crippen LogP contribution in [0.3, 0.4) is 0 Å². The van der Waals surface area contributed by atoms with Gasteiger partial charge in [-0.3, -0.25) is 4.79 Å². The summed E-state index contributed by atoms with van der Waals surface area (Å²) in [6, 6.07) is 0. The van der Waals surface area contributed by atoms with E-state index in [1.165, 1.54) is 0 Å². The summed E-state index contributed by atoms with van der Waals surface area (Å²) in [5.41, 5.74) is 0. The summed E-state index contributed by atoms with van der Waals surface area (Å²) in [4.78, 5) is 22.7. The Labute approximate surface area is 108 Å². The summed E-state index contributed by atoms with van der Waals surface area (Å²) in [5.74, 6) is -0.548. The molecule has 1 fully saturated rings. The monoisotopic (exact) mass is 256 g/mol. The van der Waals surface area contributed by atoms with E-state index in [-0.39, 0.29) is 24.0 Å². The van der Waals surface area contributed by atoms with Crippen LogP contribution >= 0.6 is 0 Å². The van der Waals surface area contributed by atoms with Crippen LogP contribution in [0.1, 0.15) is 46.0 Å². The van der Waals surface area contributed by atoms with Crippen molar-refractivity contribution in [2.24, 2.45) is 17.8 Å². The van der Waals surface area contributed by atoms with E-state index in [2.05, 4.69) is 0 Å². The van der Waals surface area contributed by atoms with E-state index >= 15 is 0 Å². The minimum absolute atomic E-state index is 0.0492. The lowest BCUT2D eigenvalue weighted by Crippen LogP contribution is -2.25. The predicted molar refractivity (Wildman–Crippen MR) is 68.0 cm³/mol. The Morgan fingerprint density at radius 1 is 1.39 bits per heavy atom. The van der Waals surface area contributed by atoms with Crippen LogP contribution in [0, 0.1) is 17.8 Å². The molecule has 0 aliphatic heterocycles. The van der Waals surface area contributed by atoms with Gasteiger partial charge in [-0.2, -0.15) is 0 Å². The molecule has 0 radical (unpaired) electrons. The van der Waals surface area contributed by atoms with Gasteiger partial charge in [-0.25, -0.2) is 0 Å². The van der Waals surface area contributed by atoms with Gasteiger partial charge >= 0.3 is 0 Å². The summed E-state index contributed by atoms with van der Waals surface area (Å²) in [6.45, 7) is 3.96. The summed E-state index contributed by atoms with van der Waals surface area (Å²) in [6.07, 6.45) is 2.28. The molecule has 4 nitrogen and oxygen atoms in total. The Bertz CT molecular complexity index is 290. The highest BCUT2D eigenvalue weighted by atomic mass is 16.3. The van der Waals surface area contributed by atoms with Gasteiger partial charge in [0.25, 0.3) is 0 Å². The molecular formula is C14H24O4. The van der Waals surface area contributed by atoms with Crippen molar-refractivity contribution >= 4 is 12.1 Å². The van der Waals surface area contributed by atoms with Crippen molar-refractivity contribution in [3.63, 3.8) is 0 Å². The zero-order valence-electron chi connectivity index (χ0n) is 11.2. The lowest BCUT2D eigenvalue weighted by Gasteiger charge is -2.19. The summed E-state index contributed by atoms with van der Waals surface area (Å²) in [5, 5.41) is 19.4. The molecule has 104 valence electrons. The molecule has 0 aromatic rings. The van der Waals surface area contributed by atoms with Crippen LogP contribution in [0.15, 0.2) is 0 Å². The van der Waals surface area contributed by atoms with Gasteiger partial charge in [0.2, 0.25) is 0 Å². The van der Waals surface area contributed by atoms with Crippen molar-refractivity contribution in [2.45, 2.75) is 58.2 Å². The van der Waals surface area contributed by atoms with Crippen molar-refractivity contribution in [2.75, 3.05) is 0 Å². The minimum atomic E-state index is -0.759. The molecule has 1 saturated carbocycles. The topological polar surface area (TPSA) is 74.6 Å². The molecule has 5 atom stereocenters. The second-order valence-electron chi connectivity index (χ2n) is 5.44. The van der Waals surface area contributed by atoms with Gasteiger partial charge in [0, 0.05) is 24.7 Å². The molecule has 0 heterocycles. The molecule has 1 aliphatic rings. The molecule has 1 rings (SSSR count). The number of aliphatic hydroxyl groups excluding tert-OH is 2. The molecule has 0 amide bonds. The maximum atomic E-state index is 11.8. The first-order valence-corrected chi connectivity index (χ1v) is 6.85. The van der Waals surface area contributed by atoms with Crippen molar-refractivity contribution < 1.29 is 19.8 Å². The first-order chi connectivity index (χ1) is 8.51. The van der Waals surface area contributed by atoms with Crippen LogP contribution in [-0.2, 0) is 9.59 Å². The van der Waals surface area contributed by atoms with Crippen LogP contribution in [-0.4, -0.2) is 34.5 Å². The van der Waals surface area contributed by atoms with Gasteiger partial charge in [0.05, 0.1) is 12.2 Å². The van der Waals surface area contributed by atoms with Crippen molar-refractivity contribution in [3.8, 4) is 0 Å². The van der Waals surface area contributed by atoms with E-state index < -0.39 is 18.1 Å². The Balaban J connectivity index is 2.47. The summed E-state index contributed by atoms with van der Waals surface area (Å²) in [7, 11) is 0. The maximum Gasteiger partial charge on any atom is 0.135 e. The van der Waals surface area contributed by atoms with E-state index in [1.54, 1.807) is 0 Å². The number of carbonyl (C=O) groups is 2. The van der Waals surface area contributed by atoms with Crippen LogP contribution in [0.25, 0.3) is 0 Å². The Morgan fingerprint density at radius 2 is 2.06 bits per heavy atom. The molecule has 1 aliphatic carbocycles. The Kier molecular flexibility index (Phi) is 5.96. The zero-order chi connectivity index (χ0) is 13.7. The standard InChI is InChI=1S/C14H24O4/c1-3-4-9(2)12(16)6-5-10-11(8-15)14(18)7-13(10)17/h8-11,13-14,17-18H,3-7H2,1-2H3/t9?,10-,11+,13-,14+/m1/s1. The number of carbonyl (C=O) groups excluding carboxylic acids is 2. The van der Waals surface area contributed by atoms with Gasteiger partial charge in [-0.15, -0.1) is 0 Å². The Morgan fingerprint density at radius 3 is 2.61 bits per heavy atom. The van der Waals surface area contributed by atoms with Crippen LogP contribution in [0.2, 0.25) is 0 Å². The van der Waals surface area contributed by atoms with E-state index in [9.17, 15) is 19.8 Å². The summed E-state index contributed by atoms with van der Waals surface area (Å²) >= 11 is 0. The van der Waals surface area contributed by atoms with E-state index in [1.807, 2.05) is 13.8 Å². The average molecular weight is 256 g/mol. The first-order valence-electron chi connectivity index (χ1n) is 6.85. The quantitative estimate of drug-likeness (QED) is 0.674. The van der Waals surface area contributed by atoms with Crippen LogP contribution in [0.4, 0.5) is 0 Å². The van der Waals surface area contributed by atoms with E-state index in [0.717, 1.165) is 12.8 Å². The molecule has 0 saturated heterocycles. The normalized spacial score (nSPS) is 33.3. The van der Waals surface area contributed by atoms with E-state index in [0.29, 0.717) is 19.1 Å². The van der Waals surface area contributed by atoms with E-state index in [4.69, 9.17) is 0 Å². The fourth-order valence-corrected chi connectivity index (χ4v) is 2.85. The maximum absolute atomic E-state index is 11.8. The zero-order valence-corrected chi connectivity index (χ0v) is 11.2. The second-order valence-corrected chi connectivity index (χ2v) is 5.44. The lowest BCUT2D eigenvalue weighted by molar-refractivity contribution is -0.123. The molecule has 0 bridgehead atoms. The molecule has 2 N–H and O–H groups in total. The highest BCUT2D eigenvalue weighted by molar-refractivity contribution is 5.80. The van der Waals surface area contributed by atoms with Gasteiger partial charge in [-0.1, -0.05) is 20.3 Å². The minimum Gasteiger partial charge on any atom is -0.393 e. The number of rotatable bonds is 7. The molecule has 4 heteroatoms. The average Bonchev–Trinajstić information content (AvgIpc) is 2.60. The fourth-order valence-electron chi connectivity index (χ4n) is 2.85. The molecule has 0 aromatic heterocycles. The number of Topliss-reactive ketones (excluding diaryl/α,β-unsaturated/α-hetero) is 1. The number of hydrogen-bond acceptors (Lipinski definition) is 4. The number of ketones is 1. The third-order valence-electron chi connectivity index (χ3n) is 4.07. The lowest BCUT2D eigenvalue weighted by atomic mass is 9.87. The highest BCUT2D eigenvalue weighted by Crippen LogP contribution is 2.34. The molecule has 0 spiro atoms. The van der Waals surface area contributed by atoms with Crippen LogP contribution < -0.4 is 0 Å². The molecule has 1 unspecified atom stereocenters. The van der Waals surface area contributed by atoms with Crippen molar-refractivity contribution in [1.29, 1.82) is 0 Å².